The number of hydrogen-bond acceptors (Lipinski definition) is 4. The van der Waals surface area contributed by atoms with Crippen LogP contribution in [0.1, 0.15) is 5.89 Å². The third kappa shape index (κ3) is 1.02. The van der Waals surface area contributed by atoms with E-state index in [0.717, 1.165) is 16.8 Å². The number of anilines is 1. The van der Waals surface area contributed by atoms with Gasteiger partial charge in [0, 0.05) is 6.92 Å². The van der Waals surface area contributed by atoms with Gasteiger partial charge in [-0.15, -0.1) is 0 Å². The minimum Gasteiger partial charge on any atom is -0.441 e. The Balaban J connectivity index is 2.66. The second-order valence-electron chi connectivity index (χ2n) is 2.56. The summed E-state index contributed by atoms with van der Waals surface area (Å²) in [6.45, 7) is 1.82. The van der Waals surface area contributed by atoms with E-state index in [9.17, 15) is 0 Å². The Labute approximate surface area is 69.4 Å². The number of hydrazine groups is 1. The molecular formula is C8H9N3O. The standard InChI is InChI=1S/C8H9N3O/c1-5-10-7-4-6(11-9)2-3-8(7)12-5/h2-4,11H,9H2,1H3. The number of nitrogens with zero attached hydrogens (tertiary/aromatic N) is 1. The highest BCUT2D eigenvalue weighted by molar-refractivity contribution is 5.77. The fraction of sp³-hybridized carbons (Fsp3) is 0.125. The van der Waals surface area contributed by atoms with E-state index in [1.165, 1.54) is 0 Å². The molecule has 0 bridgehead atoms. The van der Waals surface area contributed by atoms with Crippen LogP contribution in [0.25, 0.3) is 11.1 Å². The molecule has 1 aromatic heterocycles. The SMILES string of the molecule is Cc1nc2cc(NN)ccc2o1. The molecule has 0 aliphatic heterocycles. The smallest absolute Gasteiger partial charge is 0.192 e. The number of aromatic nitrogens is 1. The molecule has 4 heteroatoms. The lowest BCUT2D eigenvalue weighted by Gasteiger charge is -1.95. The topological polar surface area (TPSA) is 64.1 Å². The first-order chi connectivity index (χ1) is 5.79. The van der Waals surface area contributed by atoms with E-state index in [1.807, 2.05) is 25.1 Å². The van der Waals surface area contributed by atoms with Crippen LogP contribution in [0.2, 0.25) is 0 Å². The molecule has 3 N–H and O–H groups in total. The Morgan fingerprint density at radius 1 is 1.50 bits per heavy atom. The van der Waals surface area contributed by atoms with Gasteiger partial charge >= 0.3 is 0 Å². The van der Waals surface area contributed by atoms with Gasteiger partial charge in [0.15, 0.2) is 11.5 Å². The average Bonchev–Trinajstić information content (AvgIpc) is 2.43. The molecule has 4 nitrogen and oxygen atoms in total. The first-order valence-electron chi connectivity index (χ1n) is 3.63. The van der Waals surface area contributed by atoms with E-state index in [2.05, 4.69) is 10.4 Å². The molecule has 0 saturated carbocycles. The van der Waals surface area contributed by atoms with Crippen molar-refractivity contribution in [2.75, 3.05) is 5.43 Å². The lowest BCUT2D eigenvalue weighted by molar-refractivity contribution is 0.561. The van der Waals surface area contributed by atoms with Crippen LogP contribution in [0.3, 0.4) is 0 Å². The number of rotatable bonds is 1. The van der Waals surface area contributed by atoms with Crippen LogP contribution < -0.4 is 11.3 Å². The maximum Gasteiger partial charge on any atom is 0.192 e. The first-order valence-corrected chi connectivity index (χ1v) is 3.63. The van der Waals surface area contributed by atoms with Gasteiger partial charge in [0.1, 0.15) is 5.52 Å². The van der Waals surface area contributed by atoms with Gasteiger partial charge in [0.2, 0.25) is 0 Å². The average molecular weight is 163 g/mol. The maximum absolute atomic E-state index is 5.29. The largest absolute Gasteiger partial charge is 0.441 e. The van der Waals surface area contributed by atoms with E-state index in [-0.39, 0.29) is 0 Å². The van der Waals surface area contributed by atoms with Crippen LogP contribution in [0.5, 0.6) is 0 Å². The number of benzene rings is 1. The van der Waals surface area contributed by atoms with Crippen molar-refractivity contribution in [2.45, 2.75) is 6.92 Å². The van der Waals surface area contributed by atoms with Crippen molar-refractivity contribution >= 4 is 16.8 Å². The van der Waals surface area contributed by atoms with Gasteiger partial charge in [-0.3, -0.25) is 5.84 Å². The molecule has 0 aliphatic rings. The fourth-order valence-electron chi connectivity index (χ4n) is 1.13. The maximum atomic E-state index is 5.29. The molecule has 0 fully saturated rings. The second kappa shape index (κ2) is 2.49. The molecule has 0 radical (unpaired) electrons. The van der Waals surface area contributed by atoms with Crippen molar-refractivity contribution in [1.29, 1.82) is 0 Å². The zero-order chi connectivity index (χ0) is 8.55. The van der Waals surface area contributed by atoms with Gasteiger partial charge < -0.3 is 9.84 Å². The number of nitrogens with one attached hydrogen (secondary N) is 1. The van der Waals surface area contributed by atoms with Gasteiger partial charge in [0.05, 0.1) is 5.69 Å². The molecule has 2 aromatic rings. The third-order valence-corrected chi connectivity index (χ3v) is 1.66. The third-order valence-electron chi connectivity index (χ3n) is 1.66. The van der Waals surface area contributed by atoms with Gasteiger partial charge in [-0.25, -0.2) is 4.98 Å². The molecule has 0 aliphatic carbocycles. The molecule has 0 unspecified atom stereocenters. The molecule has 1 heterocycles. The number of nitrogen functional groups attached to an aromatic ring is 1. The summed E-state index contributed by atoms with van der Waals surface area (Å²) in [5, 5.41) is 0. The summed E-state index contributed by atoms with van der Waals surface area (Å²) in [6, 6.07) is 5.52. The van der Waals surface area contributed by atoms with Crippen LogP contribution in [0.15, 0.2) is 22.6 Å². The number of oxazole rings is 1. The van der Waals surface area contributed by atoms with Gasteiger partial charge in [-0.1, -0.05) is 0 Å². The lowest BCUT2D eigenvalue weighted by Crippen LogP contribution is -2.05. The minimum atomic E-state index is 0.666. The van der Waals surface area contributed by atoms with Crippen molar-refractivity contribution < 1.29 is 4.42 Å². The fourth-order valence-corrected chi connectivity index (χ4v) is 1.13. The normalized spacial score (nSPS) is 10.5. The van der Waals surface area contributed by atoms with E-state index in [1.54, 1.807) is 0 Å². The highest BCUT2D eigenvalue weighted by atomic mass is 16.3. The van der Waals surface area contributed by atoms with Crippen molar-refractivity contribution in [2.24, 2.45) is 5.84 Å². The van der Waals surface area contributed by atoms with Crippen LogP contribution in [-0.4, -0.2) is 4.98 Å². The van der Waals surface area contributed by atoms with Crippen molar-refractivity contribution in [1.82, 2.24) is 4.98 Å². The summed E-state index contributed by atoms with van der Waals surface area (Å²) in [6.07, 6.45) is 0. The summed E-state index contributed by atoms with van der Waals surface area (Å²) in [4.78, 5) is 4.16. The Kier molecular flexibility index (Phi) is 1.48. The van der Waals surface area contributed by atoms with Gasteiger partial charge in [0.25, 0.3) is 0 Å². The first kappa shape index (κ1) is 7.12. The molecule has 0 atom stereocenters. The summed E-state index contributed by atoms with van der Waals surface area (Å²) in [7, 11) is 0. The summed E-state index contributed by atoms with van der Waals surface area (Å²) < 4.78 is 5.29. The zero-order valence-electron chi connectivity index (χ0n) is 6.66. The highest BCUT2D eigenvalue weighted by Gasteiger charge is 2.01. The van der Waals surface area contributed by atoms with Crippen LogP contribution in [0.4, 0.5) is 5.69 Å². The van der Waals surface area contributed by atoms with Crippen molar-refractivity contribution in [3.63, 3.8) is 0 Å². The van der Waals surface area contributed by atoms with E-state index in [0.29, 0.717) is 5.89 Å². The monoisotopic (exact) mass is 163 g/mol. The summed E-state index contributed by atoms with van der Waals surface area (Å²) >= 11 is 0. The number of nitrogens with two attached hydrogens (primary N) is 1. The van der Waals surface area contributed by atoms with E-state index >= 15 is 0 Å². The Morgan fingerprint density at radius 2 is 2.33 bits per heavy atom. The minimum absolute atomic E-state index is 0.666. The molecule has 0 saturated heterocycles. The molecular weight excluding hydrogens is 154 g/mol. The Morgan fingerprint density at radius 3 is 3.08 bits per heavy atom. The predicted molar refractivity (Wildman–Crippen MR) is 46.6 cm³/mol. The quantitative estimate of drug-likeness (QED) is 0.493. The molecule has 1 aromatic carbocycles. The van der Waals surface area contributed by atoms with Gasteiger partial charge in [-0.2, -0.15) is 0 Å². The Hall–Kier alpha value is -1.55. The molecule has 2 rings (SSSR count). The van der Waals surface area contributed by atoms with E-state index in [4.69, 9.17) is 10.3 Å². The van der Waals surface area contributed by atoms with Crippen LogP contribution >= 0.6 is 0 Å². The predicted octanol–water partition coefficient (Wildman–Crippen LogP) is 1.42. The van der Waals surface area contributed by atoms with Crippen LogP contribution in [-0.2, 0) is 0 Å². The Bertz CT molecular complexity index is 408. The van der Waals surface area contributed by atoms with Gasteiger partial charge in [-0.05, 0) is 18.2 Å². The molecule has 12 heavy (non-hydrogen) atoms. The zero-order valence-corrected chi connectivity index (χ0v) is 6.66. The highest BCUT2D eigenvalue weighted by Crippen LogP contribution is 2.18. The summed E-state index contributed by atoms with van der Waals surface area (Å²) in [5.41, 5.74) is 4.98. The lowest BCUT2D eigenvalue weighted by atomic mass is 10.3. The van der Waals surface area contributed by atoms with E-state index < -0.39 is 0 Å². The molecule has 0 amide bonds. The molecule has 0 spiro atoms. The number of hydrogen-bond donors (Lipinski definition) is 2. The number of fused-ring (bicyclic) bond motifs is 1. The van der Waals surface area contributed by atoms with Crippen molar-refractivity contribution in [3.8, 4) is 0 Å². The van der Waals surface area contributed by atoms with Crippen LogP contribution in [0, 0.1) is 6.92 Å². The summed E-state index contributed by atoms with van der Waals surface area (Å²) in [5.74, 6) is 5.91. The number of aryl methyl sites for hydroxylation is 1. The van der Waals surface area contributed by atoms with Crippen molar-refractivity contribution in [3.05, 3.63) is 24.1 Å². The molecule has 62 valence electrons. The second-order valence-corrected chi connectivity index (χ2v) is 2.56.